The van der Waals surface area contributed by atoms with Gasteiger partial charge in [0.2, 0.25) is 5.78 Å². The molecule has 0 spiro atoms. The highest BCUT2D eigenvalue weighted by Gasteiger charge is 2.46. The van der Waals surface area contributed by atoms with Crippen molar-refractivity contribution < 1.29 is 23.8 Å². The minimum Gasteiger partial charge on any atom is -0.503 e. The molecule has 0 aliphatic carbocycles. The van der Waals surface area contributed by atoms with Gasteiger partial charge in [-0.1, -0.05) is 49.1 Å². The van der Waals surface area contributed by atoms with E-state index in [0.717, 1.165) is 22.2 Å². The molecule has 8 heteroatoms. The van der Waals surface area contributed by atoms with E-state index in [2.05, 4.69) is 18.5 Å². The molecule has 1 unspecified atom stereocenters. The van der Waals surface area contributed by atoms with Crippen molar-refractivity contribution in [3.8, 4) is 5.75 Å². The topological polar surface area (TPSA) is 92.9 Å². The van der Waals surface area contributed by atoms with Gasteiger partial charge in [0.25, 0.3) is 5.91 Å². The molecule has 35 heavy (non-hydrogen) atoms. The number of benzene rings is 2. The molecule has 1 aliphatic rings. The fraction of sp³-hybridized carbons (Fsp3) is 0.148. The number of anilines is 1. The molecule has 1 N–H and O–H groups in total. The van der Waals surface area contributed by atoms with Crippen LogP contribution in [0.25, 0.3) is 10.2 Å². The number of fused-ring (bicyclic) bond motifs is 1. The van der Waals surface area contributed by atoms with Gasteiger partial charge < -0.3 is 14.3 Å². The van der Waals surface area contributed by atoms with Crippen LogP contribution >= 0.6 is 11.3 Å². The molecule has 1 amide bonds. The lowest BCUT2D eigenvalue weighted by Gasteiger charge is -2.24. The summed E-state index contributed by atoms with van der Waals surface area (Å²) in [5.41, 5.74) is 2.46. The quantitative estimate of drug-likeness (QED) is 0.250. The summed E-state index contributed by atoms with van der Waals surface area (Å²) >= 11 is 1.34. The maximum atomic E-state index is 13.3. The van der Waals surface area contributed by atoms with E-state index in [4.69, 9.17) is 9.15 Å². The molecule has 0 fully saturated rings. The van der Waals surface area contributed by atoms with E-state index in [9.17, 15) is 14.7 Å². The van der Waals surface area contributed by atoms with Gasteiger partial charge in [0.15, 0.2) is 16.7 Å². The number of ether oxygens (including phenoxy) is 1. The Morgan fingerprint density at radius 3 is 2.74 bits per heavy atom. The number of thiazole rings is 1. The smallest absolute Gasteiger partial charge is 0.296 e. The highest BCUT2D eigenvalue weighted by Crippen LogP contribution is 2.44. The Hall–Kier alpha value is -4.17. The molecule has 1 aliphatic heterocycles. The van der Waals surface area contributed by atoms with Crippen LogP contribution in [-0.4, -0.2) is 28.4 Å². The van der Waals surface area contributed by atoms with Crippen LogP contribution in [0.5, 0.6) is 5.75 Å². The van der Waals surface area contributed by atoms with Crippen LogP contribution in [0.15, 0.2) is 89.3 Å². The van der Waals surface area contributed by atoms with Crippen molar-refractivity contribution in [2.45, 2.75) is 19.4 Å². The van der Waals surface area contributed by atoms with E-state index < -0.39 is 23.5 Å². The molecule has 5 rings (SSSR count). The number of carbonyl (C=O) groups excluding carboxylic acids is 2. The zero-order valence-corrected chi connectivity index (χ0v) is 19.7. The molecule has 4 aromatic rings. The zero-order chi connectivity index (χ0) is 24.5. The number of rotatable bonds is 8. The molecule has 7 nitrogen and oxygen atoms in total. The number of Topliss-reactive ketones (excluding diaryl/α,β-unsaturated/α-hetero) is 1. The molecule has 2 aromatic heterocycles. The van der Waals surface area contributed by atoms with Gasteiger partial charge in [-0.15, -0.1) is 0 Å². The summed E-state index contributed by atoms with van der Waals surface area (Å²) < 4.78 is 11.8. The van der Waals surface area contributed by atoms with Gasteiger partial charge in [0, 0.05) is 0 Å². The molecule has 1 atom stereocenters. The number of carbonyl (C=O) groups is 2. The van der Waals surface area contributed by atoms with Gasteiger partial charge >= 0.3 is 0 Å². The second kappa shape index (κ2) is 9.23. The highest BCUT2D eigenvalue weighted by molar-refractivity contribution is 7.22. The summed E-state index contributed by atoms with van der Waals surface area (Å²) in [5, 5.41) is 11.3. The number of aliphatic hydroxyl groups excluding tert-OH is 1. The largest absolute Gasteiger partial charge is 0.503 e. The highest BCUT2D eigenvalue weighted by atomic mass is 32.1. The molecule has 0 saturated heterocycles. The Bertz CT molecular complexity index is 1450. The second-order valence-electron chi connectivity index (χ2n) is 7.97. The summed E-state index contributed by atoms with van der Waals surface area (Å²) in [4.78, 5) is 32.7. The fourth-order valence-electron chi connectivity index (χ4n) is 4.07. The van der Waals surface area contributed by atoms with Crippen molar-refractivity contribution in [3.63, 3.8) is 0 Å². The zero-order valence-electron chi connectivity index (χ0n) is 18.9. The molecule has 176 valence electrons. The molecule has 0 radical (unpaired) electrons. The summed E-state index contributed by atoms with van der Waals surface area (Å²) in [7, 11) is 0. The Morgan fingerprint density at radius 1 is 1.26 bits per heavy atom. The normalized spacial score (nSPS) is 15.7. The van der Waals surface area contributed by atoms with Gasteiger partial charge in [-0.25, -0.2) is 4.98 Å². The standard InChI is InChI=1S/C27H22N2O5S/c1-3-13-33-18-10-8-17(9-11-18)23-22(24(30)20-6-5-14-34-20)25(31)26(32)29(23)27-28-19-12-7-16(4-2)15-21(19)35-27/h3,5-12,14-15,23,31H,1,4,13H2,2H3. The average Bonchev–Trinajstić information content (AvgIpc) is 3.61. The molecule has 0 bridgehead atoms. The number of amides is 1. The van der Waals surface area contributed by atoms with Crippen LogP contribution in [0.4, 0.5) is 5.13 Å². The van der Waals surface area contributed by atoms with Gasteiger partial charge in [-0.2, -0.15) is 0 Å². The third kappa shape index (κ3) is 4.02. The first-order chi connectivity index (χ1) is 17.0. The van der Waals surface area contributed by atoms with Crippen LogP contribution in [0.2, 0.25) is 0 Å². The number of nitrogens with zero attached hydrogens (tertiary/aromatic N) is 2. The number of aromatic nitrogens is 1. The van der Waals surface area contributed by atoms with Crippen molar-refractivity contribution in [2.24, 2.45) is 0 Å². The van der Waals surface area contributed by atoms with Crippen LogP contribution in [0.3, 0.4) is 0 Å². The Kier molecular flexibility index (Phi) is 5.96. The summed E-state index contributed by atoms with van der Waals surface area (Å²) in [5.74, 6) is -1.21. The Morgan fingerprint density at radius 2 is 2.06 bits per heavy atom. The Balaban J connectivity index is 1.62. The van der Waals surface area contributed by atoms with Crippen LogP contribution in [0.1, 0.15) is 34.6 Å². The maximum absolute atomic E-state index is 13.3. The predicted octanol–water partition coefficient (Wildman–Crippen LogP) is 5.80. The molecule has 2 aromatic carbocycles. The first kappa shape index (κ1) is 22.6. The lowest BCUT2D eigenvalue weighted by molar-refractivity contribution is -0.117. The monoisotopic (exact) mass is 486 g/mol. The third-order valence-corrected chi connectivity index (χ3v) is 6.83. The van der Waals surface area contributed by atoms with Crippen molar-refractivity contribution >= 4 is 38.4 Å². The van der Waals surface area contributed by atoms with Gasteiger partial charge in [0.05, 0.1) is 28.1 Å². The number of aryl methyl sites for hydroxylation is 1. The first-order valence-electron chi connectivity index (χ1n) is 11.1. The van der Waals surface area contributed by atoms with Crippen molar-refractivity contribution in [1.82, 2.24) is 4.98 Å². The van der Waals surface area contributed by atoms with Crippen molar-refractivity contribution in [2.75, 3.05) is 11.5 Å². The van der Waals surface area contributed by atoms with Gasteiger partial charge in [-0.3, -0.25) is 14.5 Å². The van der Waals surface area contributed by atoms with E-state index in [1.165, 1.54) is 28.6 Å². The fourth-order valence-corrected chi connectivity index (χ4v) is 5.13. The van der Waals surface area contributed by atoms with E-state index in [0.29, 0.717) is 23.1 Å². The molecular weight excluding hydrogens is 464 g/mol. The van der Waals surface area contributed by atoms with Crippen LogP contribution in [0, 0.1) is 0 Å². The van der Waals surface area contributed by atoms with E-state index in [1.54, 1.807) is 36.4 Å². The van der Waals surface area contributed by atoms with E-state index >= 15 is 0 Å². The van der Waals surface area contributed by atoms with Crippen molar-refractivity contribution in [1.29, 1.82) is 0 Å². The minimum atomic E-state index is -0.889. The average molecular weight is 487 g/mol. The van der Waals surface area contributed by atoms with Gasteiger partial charge in [-0.05, 0) is 53.9 Å². The maximum Gasteiger partial charge on any atom is 0.296 e. The van der Waals surface area contributed by atoms with E-state index in [-0.39, 0.29) is 11.3 Å². The van der Waals surface area contributed by atoms with Gasteiger partial charge in [0.1, 0.15) is 12.4 Å². The minimum absolute atomic E-state index is 0.0361. The molecular formula is C27H22N2O5S. The number of hydrogen-bond donors (Lipinski definition) is 1. The SMILES string of the molecule is C=CCOc1ccc(C2C(C(=O)c3ccco3)=C(O)C(=O)N2c2nc3ccc(CC)cc3s2)cc1. The van der Waals surface area contributed by atoms with Crippen LogP contribution < -0.4 is 9.64 Å². The summed E-state index contributed by atoms with van der Waals surface area (Å²) in [6.45, 7) is 6.06. The Labute approximate surface area is 205 Å². The van der Waals surface area contributed by atoms with E-state index in [1.807, 2.05) is 18.2 Å². The third-order valence-electron chi connectivity index (χ3n) is 5.82. The predicted molar refractivity (Wildman–Crippen MR) is 134 cm³/mol. The first-order valence-corrected chi connectivity index (χ1v) is 11.9. The lowest BCUT2D eigenvalue weighted by atomic mass is 9.95. The number of furan rings is 1. The number of ketones is 1. The number of hydrogen-bond acceptors (Lipinski definition) is 7. The molecule has 3 heterocycles. The van der Waals surface area contributed by atoms with Crippen LogP contribution in [-0.2, 0) is 11.2 Å². The van der Waals surface area contributed by atoms with Crippen molar-refractivity contribution in [3.05, 3.63) is 102 Å². The summed E-state index contributed by atoms with van der Waals surface area (Å²) in [6, 6.07) is 15.2. The lowest BCUT2D eigenvalue weighted by Crippen LogP contribution is -2.30. The second-order valence-corrected chi connectivity index (χ2v) is 8.98. The number of aliphatic hydroxyl groups is 1. The summed E-state index contributed by atoms with van der Waals surface area (Å²) in [6.07, 6.45) is 3.89. The molecule has 0 saturated carbocycles.